The van der Waals surface area contributed by atoms with Gasteiger partial charge in [-0.25, -0.2) is 0 Å². The molecule has 0 bridgehead atoms. The minimum absolute atomic E-state index is 0.0779. The van der Waals surface area contributed by atoms with Crippen LogP contribution in [-0.2, 0) is 5.75 Å². The van der Waals surface area contributed by atoms with Gasteiger partial charge in [0, 0.05) is 5.25 Å². The Hall–Kier alpha value is -1.01. The fraction of sp³-hybridized carbons (Fsp3) is 0.556. The van der Waals surface area contributed by atoms with Crippen molar-refractivity contribution in [1.82, 2.24) is 0 Å². The zero-order chi connectivity index (χ0) is 11.4. The fourth-order valence-corrected chi connectivity index (χ4v) is 1.76. The van der Waals surface area contributed by atoms with Crippen LogP contribution >= 0.6 is 11.8 Å². The van der Waals surface area contributed by atoms with Gasteiger partial charge in [-0.1, -0.05) is 6.92 Å². The molecular formula is C9H13NO4S. The van der Waals surface area contributed by atoms with Crippen LogP contribution in [0.2, 0.25) is 0 Å². The lowest BCUT2D eigenvalue weighted by Gasteiger charge is -2.12. The van der Waals surface area contributed by atoms with Crippen LogP contribution in [0.1, 0.15) is 19.6 Å². The Morgan fingerprint density at radius 3 is 2.73 bits per heavy atom. The number of rotatable bonds is 5. The van der Waals surface area contributed by atoms with Crippen molar-refractivity contribution in [3.8, 4) is 0 Å². The molecule has 5 nitrogen and oxygen atoms in total. The van der Waals surface area contributed by atoms with Crippen LogP contribution in [0.4, 0.5) is 5.88 Å². The van der Waals surface area contributed by atoms with Crippen LogP contribution < -0.4 is 0 Å². The molecule has 0 fully saturated rings. The molecule has 6 heteroatoms. The Morgan fingerprint density at radius 2 is 2.27 bits per heavy atom. The molecule has 0 aromatic carbocycles. The van der Waals surface area contributed by atoms with Gasteiger partial charge in [-0.15, -0.1) is 11.8 Å². The molecule has 0 saturated carbocycles. The highest BCUT2D eigenvalue weighted by Gasteiger charge is 2.14. The molecule has 1 N–H and O–H groups in total. The van der Waals surface area contributed by atoms with E-state index in [-0.39, 0.29) is 11.1 Å². The van der Waals surface area contributed by atoms with E-state index in [1.54, 1.807) is 13.0 Å². The lowest BCUT2D eigenvalue weighted by atomic mass is 10.3. The molecule has 2 atom stereocenters. The smallest absolute Gasteiger partial charge is 0.405 e. The summed E-state index contributed by atoms with van der Waals surface area (Å²) in [6.45, 7) is 3.61. The maximum Gasteiger partial charge on any atom is 0.433 e. The van der Waals surface area contributed by atoms with Gasteiger partial charge in [-0.2, -0.15) is 0 Å². The first-order valence-corrected chi connectivity index (χ1v) is 5.58. The van der Waals surface area contributed by atoms with E-state index in [1.807, 2.05) is 6.92 Å². The Labute approximate surface area is 91.6 Å². The molecule has 0 radical (unpaired) electrons. The summed E-state index contributed by atoms with van der Waals surface area (Å²) < 4.78 is 4.97. The summed E-state index contributed by atoms with van der Waals surface area (Å²) in [5, 5.41) is 19.6. The number of nitrogens with zero attached hydrogens (tertiary/aromatic N) is 1. The normalized spacial score (nSPS) is 14.9. The summed E-state index contributed by atoms with van der Waals surface area (Å²) in [5.74, 6) is 0.842. The third kappa shape index (κ3) is 3.56. The van der Waals surface area contributed by atoms with Crippen LogP contribution in [-0.4, -0.2) is 21.4 Å². The molecule has 1 aromatic rings. The van der Waals surface area contributed by atoms with Crippen molar-refractivity contribution in [2.45, 2.75) is 31.0 Å². The Bertz CT molecular complexity index is 337. The van der Waals surface area contributed by atoms with Gasteiger partial charge in [-0.05, 0) is 13.0 Å². The highest BCUT2D eigenvalue weighted by molar-refractivity contribution is 7.99. The molecular weight excluding hydrogens is 218 g/mol. The van der Waals surface area contributed by atoms with Crippen LogP contribution in [0.5, 0.6) is 0 Å². The summed E-state index contributed by atoms with van der Waals surface area (Å²) in [5.41, 5.74) is 0. The maximum absolute atomic E-state index is 10.3. The number of aliphatic hydroxyl groups excluding tert-OH is 1. The monoisotopic (exact) mass is 231 g/mol. The molecule has 0 saturated heterocycles. The molecule has 1 rings (SSSR count). The van der Waals surface area contributed by atoms with Crippen molar-refractivity contribution < 1.29 is 14.4 Å². The van der Waals surface area contributed by atoms with E-state index in [2.05, 4.69) is 0 Å². The first kappa shape index (κ1) is 12.1. The molecule has 0 amide bonds. The number of nitro groups is 1. The van der Waals surface area contributed by atoms with Gasteiger partial charge in [0.15, 0.2) is 0 Å². The van der Waals surface area contributed by atoms with Crippen LogP contribution in [0.15, 0.2) is 16.5 Å². The molecule has 0 aliphatic heterocycles. The number of aliphatic hydroxyl groups is 1. The second-order valence-corrected chi connectivity index (χ2v) is 4.62. The minimum Gasteiger partial charge on any atom is -0.405 e. The highest BCUT2D eigenvalue weighted by atomic mass is 32.2. The van der Waals surface area contributed by atoms with Crippen LogP contribution in [0.3, 0.4) is 0 Å². The van der Waals surface area contributed by atoms with E-state index in [4.69, 9.17) is 4.42 Å². The number of thioether (sulfide) groups is 1. The van der Waals surface area contributed by atoms with E-state index in [0.29, 0.717) is 11.5 Å². The van der Waals surface area contributed by atoms with Crippen LogP contribution in [0, 0.1) is 10.1 Å². The van der Waals surface area contributed by atoms with Crippen molar-refractivity contribution in [2.75, 3.05) is 0 Å². The average molecular weight is 231 g/mol. The summed E-state index contributed by atoms with van der Waals surface area (Å²) in [7, 11) is 0. The second kappa shape index (κ2) is 5.18. The SMILES string of the molecule is CC(O)C(C)SCc1ccc([N+](=O)[O-])o1. The van der Waals surface area contributed by atoms with E-state index in [0.717, 1.165) is 0 Å². The molecule has 0 aliphatic carbocycles. The van der Waals surface area contributed by atoms with Gasteiger partial charge >= 0.3 is 5.88 Å². The van der Waals surface area contributed by atoms with Gasteiger partial charge in [0.25, 0.3) is 0 Å². The van der Waals surface area contributed by atoms with Crippen molar-refractivity contribution >= 4 is 17.6 Å². The standard InChI is InChI=1S/C9H13NO4S/c1-6(11)7(2)15-5-8-3-4-9(14-8)10(12)13/h3-4,6-7,11H,5H2,1-2H3. The van der Waals surface area contributed by atoms with E-state index >= 15 is 0 Å². The molecule has 84 valence electrons. The molecule has 1 heterocycles. The third-order valence-corrected chi connectivity index (χ3v) is 3.37. The lowest BCUT2D eigenvalue weighted by molar-refractivity contribution is -0.402. The third-order valence-electron chi connectivity index (χ3n) is 2.00. The lowest BCUT2D eigenvalue weighted by Crippen LogP contribution is -2.15. The average Bonchev–Trinajstić information content (AvgIpc) is 2.62. The Kier molecular flexibility index (Phi) is 4.16. The summed E-state index contributed by atoms with van der Waals surface area (Å²) in [4.78, 5) is 9.76. The van der Waals surface area contributed by atoms with Gasteiger partial charge in [-0.3, -0.25) is 10.1 Å². The molecule has 0 spiro atoms. The van der Waals surface area contributed by atoms with E-state index < -0.39 is 11.0 Å². The predicted octanol–water partition coefficient (Wildman–Crippen LogP) is 2.19. The largest absolute Gasteiger partial charge is 0.433 e. The van der Waals surface area contributed by atoms with Gasteiger partial charge in [0.1, 0.15) is 10.7 Å². The highest BCUT2D eigenvalue weighted by Crippen LogP contribution is 2.23. The maximum atomic E-state index is 10.3. The molecule has 0 aliphatic rings. The topological polar surface area (TPSA) is 76.5 Å². The Balaban J connectivity index is 2.48. The quantitative estimate of drug-likeness (QED) is 0.621. The first-order chi connectivity index (χ1) is 7.00. The zero-order valence-electron chi connectivity index (χ0n) is 8.54. The number of hydrogen-bond acceptors (Lipinski definition) is 5. The van der Waals surface area contributed by atoms with Crippen molar-refractivity contribution in [1.29, 1.82) is 0 Å². The number of furan rings is 1. The Morgan fingerprint density at radius 1 is 1.60 bits per heavy atom. The zero-order valence-corrected chi connectivity index (χ0v) is 9.36. The van der Waals surface area contributed by atoms with Gasteiger partial charge in [0.05, 0.1) is 17.9 Å². The van der Waals surface area contributed by atoms with E-state index in [1.165, 1.54) is 17.8 Å². The van der Waals surface area contributed by atoms with E-state index in [9.17, 15) is 15.2 Å². The molecule has 1 aromatic heterocycles. The van der Waals surface area contributed by atoms with Crippen molar-refractivity contribution in [2.24, 2.45) is 0 Å². The molecule has 2 unspecified atom stereocenters. The predicted molar refractivity (Wildman–Crippen MR) is 57.8 cm³/mol. The van der Waals surface area contributed by atoms with Crippen molar-refractivity contribution in [3.63, 3.8) is 0 Å². The fourth-order valence-electron chi connectivity index (χ4n) is 0.895. The number of hydrogen-bond donors (Lipinski definition) is 1. The second-order valence-electron chi connectivity index (χ2n) is 3.25. The first-order valence-electron chi connectivity index (χ1n) is 4.53. The van der Waals surface area contributed by atoms with Crippen molar-refractivity contribution in [3.05, 3.63) is 28.0 Å². The molecule has 15 heavy (non-hydrogen) atoms. The van der Waals surface area contributed by atoms with Gasteiger partial charge < -0.3 is 9.52 Å². The summed E-state index contributed by atoms with van der Waals surface area (Å²) in [6.07, 6.45) is -0.403. The summed E-state index contributed by atoms with van der Waals surface area (Å²) >= 11 is 1.50. The minimum atomic E-state index is -0.563. The van der Waals surface area contributed by atoms with Gasteiger partial charge in [0.2, 0.25) is 0 Å². The van der Waals surface area contributed by atoms with Crippen LogP contribution in [0.25, 0.3) is 0 Å². The summed E-state index contributed by atoms with van der Waals surface area (Å²) in [6, 6.07) is 2.92.